The van der Waals surface area contributed by atoms with E-state index >= 15 is 0 Å². The van der Waals surface area contributed by atoms with Crippen LogP contribution in [-0.4, -0.2) is 57.2 Å². The van der Waals surface area contributed by atoms with Crippen molar-refractivity contribution in [3.63, 3.8) is 0 Å². The molecule has 0 aliphatic carbocycles. The van der Waals surface area contributed by atoms with Crippen molar-refractivity contribution in [2.24, 2.45) is 0 Å². The van der Waals surface area contributed by atoms with E-state index in [-0.39, 0.29) is 6.61 Å². The fourth-order valence-electron chi connectivity index (χ4n) is 1.21. The van der Waals surface area contributed by atoms with Gasteiger partial charge in [0.1, 0.15) is 0 Å². The van der Waals surface area contributed by atoms with Gasteiger partial charge in [0, 0.05) is 32.7 Å². The summed E-state index contributed by atoms with van der Waals surface area (Å²) in [4.78, 5) is 2.07. The molecule has 0 spiro atoms. The van der Waals surface area contributed by atoms with Crippen LogP contribution < -0.4 is 5.32 Å². The third-order valence-corrected chi connectivity index (χ3v) is 2.31. The van der Waals surface area contributed by atoms with Gasteiger partial charge in [-0.2, -0.15) is 8.42 Å². The van der Waals surface area contributed by atoms with E-state index in [1.54, 1.807) is 0 Å². The molecule has 0 atom stereocenters. The van der Waals surface area contributed by atoms with Gasteiger partial charge in [0.05, 0.1) is 6.61 Å². The highest BCUT2D eigenvalue weighted by Crippen LogP contribution is 1.93. The molecule has 0 aromatic rings. The topological polar surface area (TPSA) is 78.9 Å². The maximum Gasteiger partial charge on any atom is 0.397 e. The third-order valence-electron chi connectivity index (χ3n) is 1.85. The number of hydrogen-bond donors (Lipinski definition) is 2. The fourth-order valence-corrected chi connectivity index (χ4v) is 1.49. The van der Waals surface area contributed by atoms with Crippen LogP contribution in [0.4, 0.5) is 0 Å². The van der Waals surface area contributed by atoms with E-state index in [1.807, 2.05) is 0 Å². The standard InChI is InChI=1S/C6H14N2O4S/c9-13(10,11)12-6-5-8-3-1-7-2-4-8/h7H,1-6H2,(H,9,10,11). The molecule has 1 fully saturated rings. The van der Waals surface area contributed by atoms with Crippen LogP contribution in [0, 0.1) is 0 Å². The van der Waals surface area contributed by atoms with Gasteiger partial charge >= 0.3 is 10.4 Å². The predicted octanol–water partition coefficient (Wildman–Crippen LogP) is -1.29. The highest BCUT2D eigenvalue weighted by Gasteiger charge is 2.10. The first-order chi connectivity index (χ1) is 6.08. The van der Waals surface area contributed by atoms with Gasteiger partial charge in [0.15, 0.2) is 0 Å². The van der Waals surface area contributed by atoms with Crippen molar-refractivity contribution in [3.05, 3.63) is 0 Å². The molecule has 2 N–H and O–H groups in total. The van der Waals surface area contributed by atoms with Crippen LogP contribution in [0.5, 0.6) is 0 Å². The minimum atomic E-state index is -4.27. The van der Waals surface area contributed by atoms with Gasteiger partial charge in [0.25, 0.3) is 0 Å². The second-order valence-corrected chi connectivity index (χ2v) is 3.93. The summed E-state index contributed by atoms with van der Waals surface area (Å²) in [5, 5.41) is 3.17. The van der Waals surface area contributed by atoms with E-state index in [1.165, 1.54) is 0 Å². The van der Waals surface area contributed by atoms with Gasteiger partial charge in [-0.15, -0.1) is 0 Å². The monoisotopic (exact) mass is 210 g/mol. The van der Waals surface area contributed by atoms with Crippen molar-refractivity contribution in [2.75, 3.05) is 39.3 Å². The van der Waals surface area contributed by atoms with E-state index in [0.717, 1.165) is 26.2 Å². The van der Waals surface area contributed by atoms with Crippen molar-refractivity contribution in [1.82, 2.24) is 10.2 Å². The predicted molar refractivity (Wildman–Crippen MR) is 46.8 cm³/mol. The first-order valence-electron chi connectivity index (χ1n) is 4.13. The Morgan fingerprint density at radius 1 is 1.38 bits per heavy atom. The van der Waals surface area contributed by atoms with E-state index < -0.39 is 10.4 Å². The van der Waals surface area contributed by atoms with E-state index in [9.17, 15) is 8.42 Å². The molecule has 1 rings (SSSR count). The lowest BCUT2D eigenvalue weighted by atomic mass is 10.4. The Labute approximate surface area is 77.8 Å². The van der Waals surface area contributed by atoms with Crippen molar-refractivity contribution in [1.29, 1.82) is 0 Å². The number of hydrogen-bond acceptors (Lipinski definition) is 5. The molecule has 0 radical (unpaired) electrons. The zero-order valence-electron chi connectivity index (χ0n) is 7.27. The third kappa shape index (κ3) is 5.17. The molecule has 13 heavy (non-hydrogen) atoms. The number of nitrogens with zero attached hydrogens (tertiary/aromatic N) is 1. The van der Waals surface area contributed by atoms with Gasteiger partial charge in [0.2, 0.25) is 0 Å². The summed E-state index contributed by atoms with van der Waals surface area (Å²) in [6.45, 7) is 4.13. The minimum absolute atomic E-state index is 0.0127. The van der Waals surface area contributed by atoms with Crippen molar-refractivity contribution in [2.45, 2.75) is 0 Å². The Morgan fingerprint density at radius 3 is 2.54 bits per heavy atom. The summed E-state index contributed by atoms with van der Waals surface area (Å²) in [5.74, 6) is 0. The maximum atomic E-state index is 10.2. The lowest BCUT2D eigenvalue weighted by Gasteiger charge is -2.26. The number of nitrogens with one attached hydrogen (secondary N) is 1. The summed E-state index contributed by atoms with van der Waals surface area (Å²) in [6, 6.07) is 0. The summed E-state index contributed by atoms with van der Waals surface area (Å²) >= 11 is 0. The van der Waals surface area contributed by atoms with E-state index in [4.69, 9.17) is 4.55 Å². The normalized spacial score (nSPS) is 20.4. The van der Waals surface area contributed by atoms with Crippen molar-refractivity contribution < 1.29 is 17.2 Å². The second-order valence-electron chi connectivity index (χ2n) is 2.84. The van der Waals surface area contributed by atoms with Crippen LogP contribution in [0.25, 0.3) is 0 Å². The molecule has 0 amide bonds. The highest BCUT2D eigenvalue weighted by molar-refractivity contribution is 7.80. The maximum absolute atomic E-state index is 10.2. The highest BCUT2D eigenvalue weighted by atomic mass is 32.3. The smallest absolute Gasteiger partial charge is 0.314 e. The molecular weight excluding hydrogens is 196 g/mol. The second kappa shape index (κ2) is 4.87. The van der Waals surface area contributed by atoms with Crippen molar-refractivity contribution >= 4 is 10.4 Å². The van der Waals surface area contributed by atoms with E-state index in [2.05, 4.69) is 14.4 Å². The Balaban J connectivity index is 2.11. The summed E-state index contributed by atoms with van der Waals surface area (Å²) in [5.41, 5.74) is 0. The lowest BCUT2D eigenvalue weighted by molar-refractivity contribution is 0.183. The zero-order chi connectivity index (χ0) is 9.73. The van der Waals surface area contributed by atoms with Gasteiger partial charge in [-0.05, 0) is 0 Å². The fraction of sp³-hybridized carbons (Fsp3) is 1.00. The SMILES string of the molecule is O=S(=O)(O)OCCN1CCNCC1. The molecule has 0 aromatic heterocycles. The Morgan fingerprint density at radius 2 is 2.00 bits per heavy atom. The molecule has 1 heterocycles. The van der Waals surface area contributed by atoms with Crippen molar-refractivity contribution in [3.8, 4) is 0 Å². The average Bonchev–Trinajstić information content (AvgIpc) is 2.04. The van der Waals surface area contributed by atoms with Gasteiger partial charge in [-0.1, -0.05) is 0 Å². The Bertz CT molecular complexity index is 235. The van der Waals surface area contributed by atoms with Gasteiger partial charge in [-0.25, -0.2) is 4.18 Å². The van der Waals surface area contributed by atoms with Crippen LogP contribution in [0.3, 0.4) is 0 Å². The largest absolute Gasteiger partial charge is 0.397 e. The number of piperazine rings is 1. The molecule has 0 aromatic carbocycles. The van der Waals surface area contributed by atoms with Crippen LogP contribution >= 0.6 is 0 Å². The molecule has 78 valence electrons. The van der Waals surface area contributed by atoms with Crippen LogP contribution in [-0.2, 0) is 14.6 Å². The first-order valence-corrected chi connectivity index (χ1v) is 5.49. The minimum Gasteiger partial charge on any atom is -0.314 e. The number of rotatable bonds is 4. The molecule has 7 heteroatoms. The van der Waals surface area contributed by atoms with Crippen LogP contribution in [0.2, 0.25) is 0 Å². The summed E-state index contributed by atoms with van der Waals surface area (Å²) in [6.07, 6.45) is 0. The molecule has 0 saturated carbocycles. The van der Waals surface area contributed by atoms with Gasteiger partial charge in [-0.3, -0.25) is 9.45 Å². The first kappa shape index (κ1) is 10.9. The molecule has 1 aliphatic heterocycles. The molecule has 0 unspecified atom stereocenters. The van der Waals surface area contributed by atoms with Crippen LogP contribution in [0.15, 0.2) is 0 Å². The average molecular weight is 210 g/mol. The molecule has 6 nitrogen and oxygen atoms in total. The zero-order valence-corrected chi connectivity index (χ0v) is 8.09. The Hall–Kier alpha value is -0.210. The van der Waals surface area contributed by atoms with E-state index in [0.29, 0.717) is 6.54 Å². The summed E-state index contributed by atoms with van der Waals surface area (Å²) in [7, 11) is -4.27. The molecule has 0 bridgehead atoms. The van der Waals surface area contributed by atoms with Gasteiger partial charge < -0.3 is 5.32 Å². The lowest BCUT2D eigenvalue weighted by Crippen LogP contribution is -2.44. The molecule has 1 aliphatic rings. The Kier molecular flexibility index (Phi) is 4.07. The van der Waals surface area contributed by atoms with Crippen LogP contribution in [0.1, 0.15) is 0 Å². The quantitative estimate of drug-likeness (QED) is 0.562. The molecule has 1 saturated heterocycles. The molecular formula is C6H14N2O4S. The summed E-state index contributed by atoms with van der Waals surface area (Å²) < 4.78 is 32.8.